The van der Waals surface area contributed by atoms with Crippen molar-refractivity contribution < 1.29 is 19.4 Å². The van der Waals surface area contributed by atoms with Crippen LogP contribution in [0.15, 0.2) is 24.3 Å². The average molecular weight is 441 g/mol. The summed E-state index contributed by atoms with van der Waals surface area (Å²) >= 11 is 0. The summed E-state index contributed by atoms with van der Waals surface area (Å²) in [5.41, 5.74) is -0.0160. The average Bonchev–Trinajstić information content (AvgIpc) is 2.73. The first kappa shape index (κ1) is 28.6. The van der Waals surface area contributed by atoms with E-state index >= 15 is 0 Å². The number of esters is 2. The third kappa shape index (κ3) is 12.3. The topological polar surface area (TPSA) is 63.6 Å². The molecule has 0 amide bonds. The summed E-state index contributed by atoms with van der Waals surface area (Å²) in [5.74, 6) is -1.74. The van der Waals surface area contributed by atoms with Gasteiger partial charge in [0.1, 0.15) is 11.3 Å². The maximum atomic E-state index is 11.1. The SMILES string of the molecule is CC(=O)OC(=O)c1ccccc1O.CCCC[PH](CCCC)(CCCC)CCCC. The Morgan fingerprint density at radius 3 is 1.53 bits per heavy atom. The molecule has 0 radical (unpaired) electrons. The molecule has 0 spiro atoms. The summed E-state index contributed by atoms with van der Waals surface area (Å²) in [7, 11) is -0.879. The molecule has 0 atom stereocenters. The van der Waals surface area contributed by atoms with Crippen molar-refractivity contribution in [3.63, 3.8) is 0 Å². The Balaban J connectivity index is 0.000000579. The van der Waals surface area contributed by atoms with E-state index in [1.165, 1.54) is 63.5 Å². The van der Waals surface area contributed by atoms with E-state index in [2.05, 4.69) is 32.4 Å². The van der Waals surface area contributed by atoms with Gasteiger partial charge in [-0.3, -0.25) is 4.79 Å². The fraction of sp³-hybridized carbons (Fsp3) is 0.680. The number of carbonyl (C=O) groups excluding carboxylic acids is 2. The van der Waals surface area contributed by atoms with Gasteiger partial charge in [0.05, 0.1) is 0 Å². The third-order valence-electron chi connectivity index (χ3n) is 5.60. The molecule has 0 heterocycles. The quantitative estimate of drug-likeness (QED) is 0.203. The van der Waals surface area contributed by atoms with Crippen molar-refractivity contribution in [3.05, 3.63) is 29.8 Å². The van der Waals surface area contributed by atoms with Gasteiger partial charge in [0.25, 0.3) is 0 Å². The molecule has 1 rings (SSSR count). The molecule has 0 aromatic heterocycles. The van der Waals surface area contributed by atoms with Crippen LogP contribution in [0.1, 0.15) is 96.3 Å². The normalized spacial score (nSPS) is 11.4. The van der Waals surface area contributed by atoms with Crippen molar-refractivity contribution in [2.75, 3.05) is 24.6 Å². The van der Waals surface area contributed by atoms with Crippen LogP contribution >= 0.6 is 7.26 Å². The van der Waals surface area contributed by atoms with Crippen LogP contribution in [0.2, 0.25) is 0 Å². The first-order chi connectivity index (χ1) is 14.4. The van der Waals surface area contributed by atoms with E-state index < -0.39 is 19.2 Å². The zero-order valence-electron chi connectivity index (χ0n) is 20.0. The fourth-order valence-electron chi connectivity index (χ4n) is 3.79. The summed E-state index contributed by atoms with van der Waals surface area (Å²) in [4.78, 5) is 21.5. The molecule has 0 aliphatic rings. The Bertz CT molecular complexity index is 563. The van der Waals surface area contributed by atoms with Crippen molar-refractivity contribution in [1.29, 1.82) is 0 Å². The molecule has 0 aliphatic carbocycles. The summed E-state index contributed by atoms with van der Waals surface area (Å²) in [6.45, 7) is 10.6. The number of para-hydroxylation sites is 1. The minimum absolute atomic E-state index is 0.0160. The van der Waals surface area contributed by atoms with E-state index in [1.807, 2.05) is 0 Å². The molecule has 1 N–H and O–H groups in total. The van der Waals surface area contributed by atoms with Crippen LogP contribution in [-0.4, -0.2) is 41.7 Å². The van der Waals surface area contributed by atoms with Gasteiger partial charge in [-0.25, -0.2) is 4.79 Å². The van der Waals surface area contributed by atoms with Crippen LogP contribution in [0.5, 0.6) is 5.75 Å². The van der Waals surface area contributed by atoms with E-state index in [0.717, 1.165) is 6.92 Å². The number of hydrogen-bond donors (Lipinski definition) is 1. The number of benzene rings is 1. The maximum absolute atomic E-state index is 11.1. The molecule has 1 aromatic carbocycles. The molecule has 0 fully saturated rings. The Morgan fingerprint density at radius 1 is 0.800 bits per heavy atom. The van der Waals surface area contributed by atoms with Gasteiger partial charge >= 0.3 is 123 Å². The second-order valence-corrected chi connectivity index (χ2v) is 13.3. The van der Waals surface area contributed by atoms with Crippen molar-refractivity contribution in [3.8, 4) is 5.75 Å². The van der Waals surface area contributed by atoms with E-state index in [0.29, 0.717) is 0 Å². The van der Waals surface area contributed by atoms with Gasteiger partial charge in [0, 0.05) is 6.92 Å². The van der Waals surface area contributed by atoms with Crippen LogP contribution in [0, 0.1) is 0 Å². The minimum atomic E-state index is -0.879. The molecule has 5 heteroatoms. The molecular formula is C25H45O4P. The number of phenolic OH excluding ortho intramolecular Hbond substituents is 1. The Hall–Kier alpha value is -1.41. The van der Waals surface area contributed by atoms with Crippen LogP contribution in [0.4, 0.5) is 0 Å². The van der Waals surface area contributed by atoms with E-state index in [1.54, 1.807) is 36.8 Å². The fourth-order valence-corrected chi connectivity index (χ4v) is 9.70. The second kappa shape index (κ2) is 17.3. The first-order valence-electron chi connectivity index (χ1n) is 11.9. The van der Waals surface area contributed by atoms with Crippen LogP contribution in [0.25, 0.3) is 0 Å². The second-order valence-electron chi connectivity index (χ2n) is 8.31. The Kier molecular flexibility index (Phi) is 16.5. The van der Waals surface area contributed by atoms with Gasteiger partial charge in [0.15, 0.2) is 0 Å². The van der Waals surface area contributed by atoms with Gasteiger partial charge < -0.3 is 9.84 Å². The Labute approximate surface area is 185 Å². The molecule has 4 nitrogen and oxygen atoms in total. The predicted octanol–water partition coefficient (Wildman–Crippen LogP) is 7.03. The molecule has 0 saturated carbocycles. The first-order valence-corrected chi connectivity index (χ1v) is 14.7. The number of hydrogen-bond acceptors (Lipinski definition) is 4. The predicted molar refractivity (Wildman–Crippen MR) is 132 cm³/mol. The zero-order valence-corrected chi connectivity index (χ0v) is 21.0. The summed E-state index contributed by atoms with van der Waals surface area (Å²) < 4.78 is 4.28. The number of phenols is 1. The van der Waals surface area contributed by atoms with Crippen LogP contribution < -0.4 is 0 Å². The molecule has 0 aliphatic heterocycles. The van der Waals surface area contributed by atoms with Crippen molar-refractivity contribution in [1.82, 2.24) is 0 Å². The standard InChI is InChI=1S/C16H37P.C9H8O4/c1-5-9-13-17(14-10-6-2,15-11-7-3)16-12-8-4;1-6(10)13-9(12)7-4-2-3-5-8(7)11/h17H,5-16H2,1-4H3;2-5,11H,1H3. The molecule has 1 aromatic rings. The summed E-state index contributed by atoms with van der Waals surface area (Å²) in [6, 6.07) is 5.85. The van der Waals surface area contributed by atoms with Gasteiger partial charge in [-0.2, -0.15) is 0 Å². The summed E-state index contributed by atoms with van der Waals surface area (Å²) in [5, 5.41) is 9.18. The Morgan fingerprint density at radius 2 is 1.20 bits per heavy atom. The van der Waals surface area contributed by atoms with Crippen LogP contribution in [-0.2, 0) is 9.53 Å². The third-order valence-corrected chi connectivity index (χ3v) is 11.3. The monoisotopic (exact) mass is 440 g/mol. The molecule has 0 unspecified atom stereocenters. The molecule has 0 bridgehead atoms. The molecule has 0 saturated heterocycles. The number of unbranched alkanes of at least 4 members (excludes halogenated alkanes) is 4. The van der Waals surface area contributed by atoms with Crippen molar-refractivity contribution in [2.24, 2.45) is 0 Å². The van der Waals surface area contributed by atoms with Gasteiger partial charge in [-0.15, -0.1) is 0 Å². The van der Waals surface area contributed by atoms with E-state index in [9.17, 15) is 14.7 Å². The van der Waals surface area contributed by atoms with E-state index in [-0.39, 0.29) is 11.3 Å². The number of rotatable bonds is 13. The molecule has 30 heavy (non-hydrogen) atoms. The van der Waals surface area contributed by atoms with Gasteiger partial charge in [-0.05, 0) is 12.1 Å². The van der Waals surface area contributed by atoms with Gasteiger partial charge in [0.2, 0.25) is 0 Å². The van der Waals surface area contributed by atoms with Crippen molar-refractivity contribution in [2.45, 2.75) is 86.0 Å². The molecule has 174 valence electrons. The molecular weight excluding hydrogens is 395 g/mol. The van der Waals surface area contributed by atoms with Crippen molar-refractivity contribution >= 4 is 19.2 Å². The number of ether oxygens (including phenoxy) is 1. The number of carbonyl (C=O) groups is 2. The van der Waals surface area contributed by atoms with Gasteiger partial charge in [-0.1, -0.05) is 12.1 Å². The number of aromatic hydroxyl groups is 1. The van der Waals surface area contributed by atoms with Crippen LogP contribution in [0.3, 0.4) is 0 Å². The zero-order chi connectivity index (χ0) is 22.8. The van der Waals surface area contributed by atoms with E-state index in [4.69, 9.17) is 0 Å². The summed E-state index contributed by atoms with van der Waals surface area (Å²) in [6.07, 6.45) is 18.1.